The molecule has 0 amide bonds. The minimum atomic E-state index is 0.102. The van der Waals surface area contributed by atoms with Gasteiger partial charge in [0.15, 0.2) is 0 Å². The van der Waals surface area contributed by atoms with Crippen molar-refractivity contribution in [2.24, 2.45) is 0 Å². The largest absolute Gasteiger partial charge is 0.506 e. The van der Waals surface area contributed by atoms with E-state index in [1.54, 1.807) is 18.3 Å². The number of nitrogens with one attached hydrogen (secondary N) is 2. The van der Waals surface area contributed by atoms with Crippen LogP contribution in [-0.2, 0) is 13.0 Å². The Bertz CT molecular complexity index is 1070. The van der Waals surface area contributed by atoms with Gasteiger partial charge >= 0.3 is 0 Å². The average Bonchev–Trinajstić information content (AvgIpc) is 2.87. The molecule has 1 saturated heterocycles. The van der Waals surface area contributed by atoms with Crippen molar-refractivity contribution in [2.75, 3.05) is 31.5 Å². The second-order valence-electron chi connectivity index (χ2n) is 8.88. The quantitative estimate of drug-likeness (QED) is 0.374. The number of nitrogens with zero attached hydrogens (tertiary/aromatic N) is 3. The van der Waals surface area contributed by atoms with Gasteiger partial charge in [-0.1, -0.05) is 42.8 Å². The molecule has 0 saturated carbocycles. The van der Waals surface area contributed by atoms with Crippen molar-refractivity contribution in [3.63, 3.8) is 0 Å². The number of halogens is 1. The highest BCUT2D eigenvalue weighted by Gasteiger charge is 2.20. The molecule has 1 aliphatic heterocycles. The fourth-order valence-corrected chi connectivity index (χ4v) is 4.75. The van der Waals surface area contributed by atoms with Crippen LogP contribution in [0.4, 0.5) is 5.95 Å². The van der Waals surface area contributed by atoms with Crippen LogP contribution in [0.3, 0.4) is 0 Å². The molecular formula is C27H34ClN5O. The first-order valence-electron chi connectivity index (χ1n) is 12.2. The van der Waals surface area contributed by atoms with E-state index in [4.69, 9.17) is 16.6 Å². The molecule has 0 atom stereocenters. The molecule has 4 rings (SSSR count). The lowest BCUT2D eigenvalue weighted by molar-refractivity contribution is 0.154. The van der Waals surface area contributed by atoms with Crippen LogP contribution < -0.4 is 10.6 Å². The predicted molar refractivity (Wildman–Crippen MR) is 139 cm³/mol. The maximum absolute atomic E-state index is 9.57. The Kier molecular flexibility index (Phi) is 8.74. The monoisotopic (exact) mass is 479 g/mol. The number of hydrogen-bond donors (Lipinski definition) is 3. The van der Waals surface area contributed by atoms with Crippen LogP contribution in [0.1, 0.15) is 37.3 Å². The lowest BCUT2D eigenvalue weighted by Crippen LogP contribution is -2.43. The van der Waals surface area contributed by atoms with Crippen molar-refractivity contribution in [3.05, 3.63) is 70.9 Å². The Morgan fingerprint density at radius 2 is 1.97 bits per heavy atom. The molecule has 3 aromatic rings. The van der Waals surface area contributed by atoms with Crippen LogP contribution in [0.5, 0.6) is 5.75 Å². The van der Waals surface area contributed by atoms with Crippen LogP contribution in [0.15, 0.2) is 54.7 Å². The second kappa shape index (κ2) is 12.2. The molecule has 1 fully saturated rings. The summed E-state index contributed by atoms with van der Waals surface area (Å²) < 4.78 is 0. The maximum Gasteiger partial charge on any atom is 0.223 e. The Morgan fingerprint density at radius 1 is 1.12 bits per heavy atom. The molecule has 2 aromatic carbocycles. The second-order valence-corrected chi connectivity index (χ2v) is 9.29. The van der Waals surface area contributed by atoms with Gasteiger partial charge in [0.25, 0.3) is 0 Å². The Morgan fingerprint density at radius 3 is 2.76 bits per heavy atom. The summed E-state index contributed by atoms with van der Waals surface area (Å²) in [5.74, 6) is 0.709. The number of piperidine rings is 1. The first kappa shape index (κ1) is 24.5. The van der Waals surface area contributed by atoms with Crippen molar-refractivity contribution in [1.82, 2.24) is 20.2 Å². The average molecular weight is 480 g/mol. The number of phenols is 1. The number of aromatic hydroxyl groups is 1. The molecule has 180 valence electrons. The van der Waals surface area contributed by atoms with Crippen molar-refractivity contribution < 1.29 is 5.11 Å². The number of aromatic nitrogens is 2. The van der Waals surface area contributed by atoms with Gasteiger partial charge in [0.05, 0.1) is 10.7 Å². The van der Waals surface area contributed by atoms with Crippen LogP contribution in [0.25, 0.3) is 11.3 Å². The fraction of sp³-hybridized carbons (Fsp3) is 0.407. The third-order valence-electron chi connectivity index (χ3n) is 6.31. The number of hydrogen-bond acceptors (Lipinski definition) is 6. The first-order chi connectivity index (χ1) is 16.6. The molecule has 34 heavy (non-hydrogen) atoms. The van der Waals surface area contributed by atoms with Gasteiger partial charge in [-0.25, -0.2) is 9.97 Å². The van der Waals surface area contributed by atoms with Crippen molar-refractivity contribution >= 4 is 17.5 Å². The van der Waals surface area contributed by atoms with Crippen LogP contribution in [0, 0.1) is 0 Å². The number of benzene rings is 2. The predicted octanol–water partition coefficient (Wildman–Crippen LogP) is 5.12. The third kappa shape index (κ3) is 6.69. The summed E-state index contributed by atoms with van der Waals surface area (Å²) in [5.41, 5.74) is 4.39. The third-order valence-corrected chi connectivity index (χ3v) is 6.61. The molecule has 0 spiro atoms. The zero-order valence-corrected chi connectivity index (χ0v) is 20.6. The molecular weight excluding hydrogens is 446 g/mol. The van der Waals surface area contributed by atoms with E-state index in [0.29, 0.717) is 23.6 Å². The molecule has 0 aliphatic carbocycles. The molecule has 0 radical (unpaired) electrons. The van der Waals surface area contributed by atoms with Gasteiger partial charge in [0, 0.05) is 30.9 Å². The molecule has 6 nitrogen and oxygen atoms in total. The standard InChI is InChI=1S/C27H34ClN5O/c1-2-16-33(23-9-12-29-13-10-23)19-21-4-3-5-22(17-21)25-11-15-31-27(32-25)30-14-8-20-6-7-26(34)24(28)18-20/h3-7,11,15,17-18,23,29,34H,2,8-10,12-14,16,19H2,1H3,(H,30,31,32). The van der Waals surface area contributed by atoms with E-state index in [2.05, 4.69) is 51.7 Å². The van der Waals surface area contributed by atoms with E-state index in [-0.39, 0.29) is 5.75 Å². The van der Waals surface area contributed by atoms with Gasteiger partial charge in [0.1, 0.15) is 5.75 Å². The molecule has 3 N–H and O–H groups in total. The molecule has 1 aromatic heterocycles. The van der Waals surface area contributed by atoms with E-state index >= 15 is 0 Å². The summed E-state index contributed by atoms with van der Waals surface area (Å²) in [7, 11) is 0. The fourth-order valence-electron chi connectivity index (χ4n) is 4.54. The van der Waals surface area contributed by atoms with Gasteiger partial charge in [0.2, 0.25) is 5.95 Å². The molecule has 0 unspecified atom stereocenters. The van der Waals surface area contributed by atoms with Crippen molar-refractivity contribution in [1.29, 1.82) is 0 Å². The highest BCUT2D eigenvalue weighted by Crippen LogP contribution is 2.24. The Hall–Kier alpha value is -2.67. The van der Waals surface area contributed by atoms with Crippen LogP contribution in [0.2, 0.25) is 5.02 Å². The smallest absolute Gasteiger partial charge is 0.223 e. The minimum Gasteiger partial charge on any atom is -0.506 e. The molecule has 0 bridgehead atoms. The summed E-state index contributed by atoms with van der Waals surface area (Å²) in [5, 5.41) is 16.7. The summed E-state index contributed by atoms with van der Waals surface area (Å²) in [6.07, 6.45) is 6.16. The van der Waals surface area contributed by atoms with Crippen LogP contribution in [-0.4, -0.2) is 52.2 Å². The zero-order chi connectivity index (χ0) is 23.8. The number of rotatable bonds is 10. The molecule has 7 heteroatoms. The summed E-state index contributed by atoms with van der Waals surface area (Å²) in [4.78, 5) is 11.8. The number of anilines is 1. The van der Waals surface area contributed by atoms with E-state index in [9.17, 15) is 5.11 Å². The van der Waals surface area contributed by atoms with E-state index < -0.39 is 0 Å². The van der Waals surface area contributed by atoms with Gasteiger partial charge in [-0.2, -0.15) is 0 Å². The highest BCUT2D eigenvalue weighted by atomic mass is 35.5. The van der Waals surface area contributed by atoms with Crippen molar-refractivity contribution in [3.8, 4) is 17.0 Å². The molecule has 2 heterocycles. The minimum absolute atomic E-state index is 0.102. The maximum atomic E-state index is 9.57. The van der Waals surface area contributed by atoms with Gasteiger partial charge in [-0.15, -0.1) is 0 Å². The van der Waals surface area contributed by atoms with Gasteiger partial charge in [-0.05, 0) is 80.7 Å². The molecule has 1 aliphatic rings. The van der Waals surface area contributed by atoms with Crippen LogP contribution >= 0.6 is 11.6 Å². The normalized spacial score (nSPS) is 14.4. The van der Waals surface area contributed by atoms with E-state index in [1.807, 2.05) is 12.1 Å². The zero-order valence-electron chi connectivity index (χ0n) is 19.8. The summed E-state index contributed by atoms with van der Waals surface area (Å²) in [6, 6.07) is 16.6. The van der Waals surface area contributed by atoms with Gasteiger partial charge in [-0.3, -0.25) is 4.90 Å². The SMILES string of the molecule is CCCN(Cc1cccc(-c2ccnc(NCCc3ccc(O)c(Cl)c3)n2)c1)C1CCNCC1. The van der Waals surface area contributed by atoms with Gasteiger partial charge < -0.3 is 15.7 Å². The summed E-state index contributed by atoms with van der Waals surface area (Å²) >= 11 is 6.00. The van der Waals surface area contributed by atoms with E-state index in [0.717, 1.165) is 49.4 Å². The van der Waals surface area contributed by atoms with E-state index in [1.165, 1.54) is 24.8 Å². The van der Waals surface area contributed by atoms with Crippen molar-refractivity contribution in [2.45, 2.75) is 45.2 Å². The first-order valence-corrected chi connectivity index (χ1v) is 12.6. The summed E-state index contributed by atoms with van der Waals surface area (Å²) in [6.45, 7) is 7.26. The topological polar surface area (TPSA) is 73.3 Å². The lowest BCUT2D eigenvalue weighted by atomic mass is 10.0. The highest BCUT2D eigenvalue weighted by molar-refractivity contribution is 6.32. The Balaban J connectivity index is 1.40. The Labute approximate surface area is 207 Å². The number of phenolic OH excluding ortho intramolecular Hbond substituents is 1. The lowest BCUT2D eigenvalue weighted by Gasteiger charge is -2.34.